The Morgan fingerprint density at radius 2 is 2.09 bits per heavy atom. The molecule has 0 saturated heterocycles. The van der Waals surface area contributed by atoms with Crippen LogP contribution in [0.25, 0.3) is 0 Å². The van der Waals surface area contributed by atoms with Crippen molar-refractivity contribution in [2.45, 2.75) is 26.3 Å². The van der Waals surface area contributed by atoms with Crippen molar-refractivity contribution in [1.29, 1.82) is 0 Å². The average molecular weight is 159 g/mol. The van der Waals surface area contributed by atoms with Crippen molar-refractivity contribution in [2.75, 3.05) is 13.7 Å². The number of rotatable bonds is 5. The van der Waals surface area contributed by atoms with Gasteiger partial charge in [-0.1, -0.05) is 13.8 Å². The molecule has 11 heavy (non-hydrogen) atoms. The van der Waals surface area contributed by atoms with Gasteiger partial charge in [0, 0.05) is 7.11 Å². The molecule has 0 aliphatic heterocycles. The van der Waals surface area contributed by atoms with Crippen LogP contribution in [-0.4, -0.2) is 25.5 Å². The van der Waals surface area contributed by atoms with Gasteiger partial charge in [0.1, 0.15) is 6.61 Å². The molecule has 1 atom stereocenters. The maximum atomic E-state index is 11.0. The summed E-state index contributed by atoms with van der Waals surface area (Å²) in [7, 11) is 1.50. The van der Waals surface area contributed by atoms with Crippen molar-refractivity contribution in [1.82, 2.24) is 0 Å². The van der Waals surface area contributed by atoms with E-state index in [9.17, 15) is 4.79 Å². The number of hydrogen-bond acceptors (Lipinski definition) is 3. The van der Waals surface area contributed by atoms with Crippen molar-refractivity contribution >= 4 is 5.78 Å². The highest BCUT2D eigenvalue weighted by Gasteiger charge is 2.13. The Balaban J connectivity index is 3.64. The molecule has 3 heteroatoms. The first kappa shape index (κ1) is 10.6. The fraction of sp³-hybridized carbons (Fsp3) is 0.875. The first-order chi connectivity index (χ1) is 5.07. The van der Waals surface area contributed by atoms with Crippen LogP contribution in [0.15, 0.2) is 0 Å². The second-order valence-electron chi connectivity index (χ2n) is 3.14. The van der Waals surface area contributed by atoms with Gasteiger partial charge in [-0.2, -0.15) is 0 Å². The summed E-state index contributed by atoms with van der Waals surface area (Å²) < 4.78 is 4.68. The molecular formula is C8H17NO2. The van der Waals surface area contributed by atoms with E-state index in [0.29, 0.717) is 5.92 Å². The Hall–Kier alpha value is -0.410. The van der Waals surface area contributed by atoms with Crippen LogP contribution in [0.1, 0.15) is 20.3 Å². The first-order valence-electron chi connectivity index (χ1n) is 3.85. The van der Waals surface area contributed by atoms with Crippen LogP contribution in [0, 0.1) is 5.92 Å². The minimum Gasteiger partial charge on any atom is -0.377 e. The van der Waals surface area contributed by atoms with E-state index >= 15 is 0 Å². The van der Waals surface area contributed by atoms with Crippen molar-refractivity contribution in [2.24, 2.45) is 11.7 Å². The minimum absolute atomic E-state index is 0.0128. The van der Waals surface area contributed by atoms with Crippen molar-refractivity contribution in [3.05, 3.63) is 0 Å². The fourth-order valence-corrected chi connectivity index (χ4v) is 0.889. The maximum Gasteiger partial charge on any atom is 0.175 e. The van der Waals surface area contributed by atoms with E-state index in [4.69, 9.17) is 5.73 Å². The summed E-state index contributed by atoms with van der Waals surface area (Å²) in [5, 5.41) is 0. The minimum atomic E-state index is -0.352. The summed E-state index contributed by atoms with van der Waals surface area (Å²) >= 11 is 0. The van der Waals surface area contributed by atoms with Gasteiger partial charge < -0.3 is 10.5 Å². The van der Waals surface area contributed by atoms with E-state index in [-0.39, 0.29) is 18.4 Å². The lowest BCUT2D eigenvalue weighted by Crippen LogP contribution is -2.34. The molecule has 3 nitrogen and oxygen atoms in total. The van der Waals surface area contributed by atoms with Crippen LogP contribution < -0.4 is 5.73 Å². The number of nitrogens with two attached hydrogens (primary N) is 1. The number of ketones is 1. The lowest BCUT2D eigenvalue weighted by molar-refractivity contribution is -0.124. The average Bonchev–Trinajstić information content (AvgIpc) is 1.86. The monoisotopic (exact) mass is 159 g/mol. The molecule has 0 rings (SSSR count). The summed E-state index contributed by atoms with van der Waals surface area (Å²) in [6.07, 6.45) is 0.738. The molecule has 0 amide bonds. The lowest BCUT2D eigenvalue weighted by Gasteiger charge is -2.11. The third kappa shape index (κ3) is 4.93. The van der Waals surface area contributed by atoms with Crippen molar-refractivity contribution < 1.29 is 9.53 Å². The Bertz CT molecular complexity index is 123. The van der Waals surface area contributed by atoms with Crippen LogP contribution in [0.4, 0.5) is 0 Å². The highest BCUT2D eigenvalue weighted by molar-refractivity contribution is 5.84. The Morgan fingerprint density at radius 1 is 1.55 bits per heavy atom. The van der Waals surface area contributed by atoms with Gasteiger partial charge in [-0.05, 0) is 12.3 Å². The number of methoxy groups -OCH3 is 1. The van der Waals surface area contributed by atoms with Crippen LogP contribution >= 0.6 is 0 Å². The third-order valence-electron chi connectivity index (χ3n) is 1.43. The maximum absolute atomic E-state index is 11.0. The normalized spacial score (nSPS) is 13.5. The predicted molar refractivity (Wildman–Crippen MR) is 44.3 cm³/mol. The smallest absolute Gasteiger partial charge is 0.175 e. The third-order valence-corrected chi connectivity index (χ3v) is 1.43. The molecule has 0 aromatic heterocycles. The predicted octanol–water partition coefficient (Wildman–Crippen LogP) is 0.575. The molecule has 1 unspecified atom stereocenters. The molecular weight excluding hydrogens is 142 g/mol. The molecule has 0 aromatic rings. The summed E-state index contributed by atoms with van der Waals surface area (Å²) in [6, 6.07) is -0.352. The van der Waals surface area contributed by atoms with Crippen LogP contribution in [0.2, 0.25) is 0 Å². The molecule has 0 aliphatic carbocycles. The molecule has 2 N–H and O–H groups in total. The van der Waals surface area contributed by atoms with Gasteiger partial charge in [-0.25, -0.2) is 0 Å². The zero-order chi connectivity index (χ0) is 8.85. The summed E-state index contributed by atoms with van der Waals surface area (Å²) in [5.74, 6) is 0.451. The highest BCUT2D eigenvalue weighted by atomic mass is 16.5. The van der Waals surface area contributed by atoms with E-state index in [2.05, 4.69) is 4.74 Å². The molecule has 0 heterocycles. The number of Topliss-reactive ketones (excluding diaryl/α,β-unsaturated/α-hetero) is 1. The van der Waals surface area contributed by atoms with Crippen molar-refractivity contribution in [3.63, 3.8) is 0 Å². The Labute approximate surface area is 67.9 Å². The van der Waals surface area contributed by atoms with Gasteiger partial charge in [-0.3, -0.25) is 4.79 Å². The number of ether oxygens (including phenoxy) is 1. The highest BCUT2D eigenvalue weighted by Crippen LogP contribution is 2.03. The van der Waals surface area contributed by atoms with Gasteiger partial charge >= 0.3 is 0 Å². The number of carbonyl (C=O) groups is 1. The topological polar surface area (TPSA) is 52.3 Å². The van der Waals surface area contributed by atoms with Crippen LogP contribution in [0.5, 0.6) is 0 Å². The molecule has 0 bridgehead atoms. The second kappa shape index (κ2) is 5.27. The largest absolute Gasteiger partial charge is 0.377 e. The Morgan fingerprint density at radius 3 is 2.45 bits per heavy atom. The summed E-state index contributed by atoms with van der Waals surface area (Å²) in [4.78, 5) is 11.0. The lowest BCUT2D eigenvalue weighted by atomic mass is 10.0. The van der Waals surface area contributed by atoms with Crippen molar-refractivity contribution in [3.8, 4) is 0 Å². The standard InChI is InChI=1S/C8H17NO2/c1-6(2)4-7(9)8(10)5-11-3/h6-7H,4-5,9H2,1-3H3. The molecule has 0 radical (unpaired) electrons. The number of hydrogen-bond donors (Lipinski definition) is 1. The summed E-state index contributed by atoms with van der Waals surface area (Å²) in [5.41, 5.74) is 5.57. The van der Waals surface area contributed by atoms with E-state index in [1.807, 2.05) is 13.8 Å². The molecule has 0 aromatic carbocycles. The molecule has 0 saturated carbocycles. The molecule has 0 spiro atoms. The van der Waals surface area contributed by atoms with Gasteiger partial charge in [0.05, 0.1) is 6.04 Å². The van der Waals surface area contributed by atoms with Gasteiger partial charge in [0.25, 0.3) is 0 Å². The first-order valence-corrected chi connectivity index (χ1v) is 3.85. The van der Waals surface area contributed by atoms with Gasteiger partial charge in [-0.15, -0.1) is 0 Å². The molecule has 0 aliphatic rings. The quantitative estimate of drug-likeness (QED) is 0.638. The van der Waals surface area contributed by atoms with E-state index in [1.54, 1.807) is 0 Å². The second-order valence-corrected chi connectivity index (χ2v) is 3.14. The van der Waals surface area contributed by atoms with E-state index in [0.717, 1.165) is 6.42 Å². The SMILES string of the molecule is COCC(=O)C(N)CC(C)C. The zero-order valence-electron chi connectivity index (χ0n) is 7.46. The van der Waals surface area contributed by atoms with E-state index < -0.39 is 0 Å². The number of carbonyl (C=O) groups excluding carboxylic acids is 1. The molecule has 0 fully saturated rings. The fourth-order valence-electron chi connectivity index (χ4n) is 0.889. The zero-order valence-corrected chi connectivity index (χ0v) is 7.46. The Kier molecular flexibility index (Phi) is 5.07. The van der Waals surface area contributed by atoms with Gasteiger partial charge in [0.15, 0.2) is 5.78 Å². The van der Waals surface area contributed by atoms with Gasteiger partial charge in [0.2, 0.25) is 0 Å². The van der Waals surface area contributed by atoms with E-state index in [1.165, 1.54) is 7.11 Å². The molecule has 66 valence electrons. The van der Waals surface area contributed by atoms with Crippen LogP contribution in [-0.2, 0) is 9.53 Å². The van der Waals surface area contributed by atoms with Crippen LogP contribution in [0.3, 0.4) is 0 Å². The summed E-state index contributed by atoms with van der Waals surface area (Å²) in [6.45, 7) is 4.22.